The van der Waals surface area contributed by atoms with Gasteiger partial charge in [0.1, 0.15) is 6.07 Å². The Hall–Kier alpha value is -2.48. The summed E-state index contributed by atoms with van der Waals surface area (Å²) in [4.78, 5) is 15.2. The minimum absolute atomic E-state index is 0.381. The Morgan fingerprint density at radius 1 is 1.33 bits per heavy atom. The number of imidazole rings is 1. The lowest BCUT2D eigenvalue weighted by Crippen LogP contribution is -1.88. The molecule has 3 heterocycles. The van der Waals surface area contributed by atoms with Crippen LogP contribution in [0.15, 0.2) is 24.8 Å². The van der Waals surface area contributed by atoms with E-state index < -0.39 is 0 Å². The molecule has 0 fully saturated rings. The van der Waals surface area contributed by atoms with Gasteiger partial charge in [-0.2, -0.15) is 5.26 Å². The lowest BCUT2D eigenvalue weighted by Gasteiger charge is -1.98. The molecule has 0 atom stereocenters. The molecule has 0 aliphatic heterocycles. The van der Waals surface area contributed by atoms with E-state index in [1.54, 1.807) is 24.8 Å². The molecule has 0 spiro atoms. The number of aromatic nitrogens is 4. The van der Waals surface area contributed by atoms with Gasteiger partial charge in [-0.05, 0) is 6.07 Å². The van der Waals surface area contributed by atoms with Gasteiger partial charge in [-0.3, -0.25) is 4.98 Å². The van der Waals surface area contributed by atoms with E-state index >= 15 is 0 Å². The molecule has 3 rings (SSSR count). The Balaban J connectivity index is 2.66. The van der Waals surface area contributed by atoms with Gasteiger partial charge in [-0.25, -0.2) is 9.97 Å². The highest BCUT2D eigenvalue weighted by atomic mass is 15.0. The SMILES string of the molecule is N#Cc1nc2nc[nH]c2c2cnccc12. The van der Waals surface area contributed by atoms with Crippen LogP contribution in [0, 0.1) is 11.3 Å². The van der Waals surface area contributed by atoms with Crippen molar-refractivity contribution in [3.8, 4) is 6.07 Å². The molecule has 0 saturated carbocycles. The van der Waals surface area contributed by atoms with Gasteiger partial charge in [0.15, 0.2) is 11.3 Å². The third kappa shape index (κ3) is 0.987. The number of pyridine rings is 2. The van der Waals surface area contributed by atoms with Crippen molar-refractivity contribution in [2.45, 2.75) is 0 Å². The summed E-state index contributed by atoms with van der Waals surface area (Å²) in [6.07, 6.45) is 4.91. The molecule has 0 unspecified atom stereocenters. The summed E-state index contributed by atoms with van der Waals surface area (Å²) in [6, 6.07) is 3.84. The molecule has 1 N–H and O–H groups in total. The molecule has 0 aliphatic rings. The quantitative estimate of drug-likeness (QED) is 0.587. The molecular formula is C10H5N5. The molecule has 3 aromatic heterocycles. The molecule has 5 nitrogen and oxygen atoms in total. The van der Waals surface area contributed by atoms with E-state index in [0.717, 1.165) is 16.3 Å². The summed E-state index contributed by atoms with van der Waals surface area (Å²) in [5, 5.41) is 10.6. The zero-order chi connectivity index (χ0) is 10.3. The fraction of sp³-hybridized carbons (Fsp3) is 0. The van der Waals surface area contributed by atoms with Crippen LogP contribution in [0.25, 0.3) is 21.9 Å². The zero-order valence-electron chi connectivity index (χ0n) is 7.60. The Kier molecular flexibility index (Phi) is 1.45. The maximum Gasteiger partial charge on any atom is 0.179 e. The fourth-order valence-electron chi connectivity index (χ4n) is 1.62. The van der Waals surface area contributed by atoms with Crippen LogP contribution in [0.2, 0.25) is 0 Å². The molecule has 70 valence electrons. The van der Waals surface area contributed by atoms with Crippen LogP contribution < -0.4 is 0 Å². The van der Waals surface area contributed by atoms with Crippen molar-refractivity contribution in [1.29, 1.82) is 5.26 Å². The van der Waals surface area contributed by atoms with Crippen LogP contribution >= 0.6 is 0 Å². The van der Waals surface area contributed by atoms with Crippen molar-refractivity contribution >= 4 is 21.9 Å². The third-order valence-electron chi connectivity index (χ3n) is 2.29. The van der Waals surface area contributed by atoms with Crippen molar-refractivity contribution in [2.24, 2.45) is 0 Å². The van der Waals surface area contributed by atoms with Crippen molar-refractivity contribution in [3.63, 3.8) is 0 Å². The lowest BCUT2D eigenvalue weighted by molar-refractivity contribution is 1.28. The maximum absolute atomic E-state index is 8.96. The van der Waals surface area contributed by atoms with E-state index in [-0.39, 0.29) is 0 Å². The number of nitriles is 1. The van der Waals surface area contributed by atoms with E-state index in [1.807, 2.05) is 0 Å². The molecule has 5 heteroatoms. The topological polar surface area (TPSA) is 78.2 Å². The first-order valence-corrected chi connectivity index (χ1v) is 4.37. The molecule has 0 bridgehead atoms. The predicted molar refractivity (Wildman–Crippen MR) is 53.9 cm³/mol. The van der Waals surface area contributed by atoms with E-state index in [9.17, 15) is 0 Å². The minimum Gasteiger partial charge on any atom is -0.343 e. The number of nitrogens with zero attached hydrogens (tertiary/aromatic N) is 4. The normalized spacial score (nSPS) is 10.6. The summed E-state index contributed by atoms with van der Waals surface area (Å²) in [5.74, 6) is 0. The van der Waals surface area contributed by atoms with Crippen molar-refractivity contribution in [2.75, 3.05) is 0 Å². The van der Waals surface area contributed by atoms with Gasteiger partial charge in [0.2, 0.25) is 0 Å². The number of hydrogen-bond acceptors (Lipinski definition) is 4. The summed E-state index contributed by atoms with van der Waals surface area (Å²) < 4.78 is 0. The number of hydrogen-bond donors (Lipinski definition) is 1. The van der Waals surface area contributed by atoms with E-state index in [2.05, 4.69) is 26.0 Å². The zero-order valence-corrected chi connectivity index (χ0v) is 7.60. The van der Waals surface area contributed by atoms with Gasteiger partial charge in [-0.15, -0.1) is 0 Å². The summed E-state index contributed by atoms with van der Waals surface area (Å²) in [6.45, 7) is 0. The van der Waals surface area contributed by atoms with Crippen LogP contribution in [-0.4, -0.2) is 19.9 Å². The second-order valence-electron chi connectivity index (χ2n) is 3.09. The highest BCUT2D eigenvalue weighted by molar-refractivity contribution is 6.03. The Morgan fingerprint density at radius 3 is 3.13 bits per heavy atom. The first kappa shape index (κ1) is 7.88. The second kappa shape index (κ2) is 2.75. The average molecular weight is 195 g/mol. The standard InChI is InChI=1S/C10H5N5/c11-3-8-6-1-2-12-4-7(6)9-10(15-8)14-5-13-9/h1-2,4-5H,(H,13,14,15). The molecule has 0 saturated heterocycles. The largest absolute Gasteiger partial charge is 0.343 e. The molecule has 3 aromatic rings. The van der Waals surface area contributed by atoms with Gasteiger partial charge >= 0.3 is 0 Å². The lowest BCUT2D eigenvalue weighted by atomic mass is 10.1. The molecule has 0 radical (unpaired) electrons. The highest BCUT2D eigenvalue weighted by Gasteiger charge is 2.08. The first-order valence-electron chi connectivity index (χ1n) is 4.37. The van der Waals surface area contributed by atoms with Gasteiger partial charge < -0.3 is 4.98 Å². The molecule has 0 aliphatic carbocycles. The third-order valence-corrected chi connectivity index (χ3v) is 2.29. The van der Waals surface area contributed by atoms with Crippen LogP contribution in [0.1, 0.15) is 5.69 Å². The van der Waals surface area contributed by atoms with Crippen molar-refractivity contribution in [3.05, 3.63) is 30.5 Å². The first-order chi connectivity index (χ1) is 7.40. The highest BCUT2D eigenvalue weighted by Crippen LogP contribution is 2.22. The van der Waals surface area contributed by atoms with Crippen LogP contribution in [0.5, 0.6) is 0 Å². The number of fused-ring (bicyclic) bond motifs is 3. The fourth-order valence-corrected chi connectivity index (χ4v) is 1.62. The average Bonchev–Trinajstić information content (AvgIpc) is 2.76. The smallest absolute Gasteiger partial charge is 0.179 e. The van der Waals surface area contributed by atoms with E-state index in [4.69, 9.17) is 5.26 Å². The Morgan fingerprint density at radius 2 is 2.27 bits per heavy atom. The van der Waals surface area contributed by atoms with Crippen molar-refractivity contribution < 1.29 is 0 Å². The van der Waals surface area contributed by atoms with Gasteiger partial charge in [-0.1, -0.05) is 0 Å². The van der Waals surface area contributed by atoms with Gasteiger partial charge in [0.05, 0.1) is 11.8 Å². The van der Waals surface area contributed by atoms with E-state index in [0.29, 0.717) is 11.3 Å². The summed E-state index contributed by atoms with van der Waals surface area (Å²) in [5.41, 5.74) is 1.75. The second-order valence-corrected chi connectivity index (χ2v) is 3.09. The summed E-state index contributed by atoms with van der Waals surface area (Å²) in [7, 11) is 0. The summed E-state index contributed by atoms with van der Waals surface area (Å²) >= 11 is 0. The molecule has 15 heavy (non-hydrogen) atoms. The number of H-pyrrole nitrogens is 1. The molecule has 0 amide bonds. The maximum atomic E-state index is 8.96. The Bertz CT molecular complexity index is 692. The minimum atomic E-state index is 0.381. The van der Waals surface area contributed by atoms with Crippen LogP contribution in [-0.2, 0) is 0 Å². The van der Waals surface area contributed by atoms with Crippen LogP contribution in [0.4, 0.5) is 0 Å². The number of nitrogens with one attached hydrogen (secondary N) is 1. The predicted octanol–water partition coefficient (Wildman–Crippen LogP) is 1.38. The Labute approximate surface area is 84.4 Å². The monoisotopic (exact) mass is 195 g/mol. The number of rotatable bonds is 0. The van der Waals surface area contributed by atoms with Crippen molar-refractivity contribution in [1.82, 2.24) is 19.9 Å². The van der Waals surface area contributed by atoms with Gasteiger partial charge in [0.25, 0.3) is 0 Å². The van der Waals surface area contributed by atoms with E-state index in [1.165, 1.54) is 0 Å². The molecular weight excluding hydrogens is 190 g/mol. The van der Waals surface area contributed by atoms with Gasteiger partial charge in [0, 0.05) is 23.2 Å². The number of aromatic amines is 1. The van der Waals surface area contributed by atoms with Crippen LogP contribution in [0.3, 0.4) is 0 Å². The molecule has 0 aromatic carbocycles.